The lowest BCUT2D eigenvalue weighted by Gasteiger charge is -2.26. The number of carbonyl (C=O) groups is 1. The number of nitrogens with zero attached hydrogens (tertiary/aromatic N) is 3. The number of hydrogen-bond acceptors (Lipinski definition) is 5. The number of thioether (sulfide) groups is 1. The Balaban J connectivity index is 1.47. The fourth-order valence-corrected chi connectivity index (χ4v) is 3.46. The second-order valence-corrected chi connectivity index (χ2v) is 7.07. The van der Waals surface area contributed by atoms with Gasteiger partial charge in [0.2, 0.25) is 0 Å². The highest BCUT2D eigenvalue weighted by Crippen LogP contribution is 2.39. The maximum Gasteiger partial charge on any atom is 0.321 e. The second-order valence-electron chi connectivity index (χ2n) is 5.84. The molecule has 2 aromatic rings. The summed E-state index contributed by atoms with van der Waals surface area (Å²) in [5.74, 6) is 3.77. The summed E-state index contributed by atoms with van der Waals surface area (Å²) in [6.07, 6.45) is 2.28. The normalized spacial score (nSPS) is 18.0. The van der Waals surface area contributed by atoms with Crippen LogP contribution in [0.2, 0.25) is 0 Å². The summed E-state index contributed by atoms with van der Waals surface area (Å²) in [5, 5.41) is 6.99. The minimum atomic E-state index is -0.0494. The van der Waals surface area contributed by atoms with Gasteiger partial charge in [-0.1, -0.05) is 11.2 Å². The maximum absolute atomic E-state index is 12.3. The van der Waals surface area contributed by atoms with Crippen molar-refractivity contribution in [3.63, 3.8) is 0 Å². The van der Waals surface area contributed by atoms with Crippen molar-refractivity contribution in [3.05, 3.63) is 30.1 Å². The third-order valence-corrected chi connectivity index (χ3v) is 4.99. The third kappa shape index (κ3) is 3.34. The summed E-state index contributed by atoms with van der Waals surface area (Å²) >= 11 is 1.88. The first-order chi connectivity index (χ1) is 11.3. The van der Waals surface area contributed by atoms with E-state index in [2.05, 4.69) is 15.5 Å². The van der Waals surface area contributed by atoms with Crippen LogP contribution in [0.5, 0.6) is 0 Å². The quantitative estimate of drug-likeness (QED) is 0.936. The Bertz CT molecular complexity index is 708. The van der Waals surface area contributed by atoms with E-state index < -0.39 is 0 Å². The molecule has 2 fully saturated rings. The lowest BCUT2D eigenvalue weighted by molar-refractivity contribution is 0.217. The summed E-state index contributed by atoms with van der Waals surface area (Å²) in [5.41, 5.74) is 1.58. The zero-order valence-corrected chi connectivity index (χ0v) is 13.5. The first kappa shape index (κ1) is 14.6. The molecular formula is C16H18N4O2S. The van der Waals surface area contributed by atoms with Crippen LogP contribution in [-0.2, 0) is 0 Å². The van der Waals surface area contributed by atoms with Crippen LogP contribution in [0, 0.1) is 0 Å². The van der Waals surface area contributed by atoms with Crippen molar-refractivity contribution in [1.29, 1.82) is 0 Å². The molecule has 1 aromatic carbocycles. The van der Waals surface area contributed by atoms with E-state index in [4.69, 9.17) is 4.52 Å². The van der Waals surface area contributed by atoms with Crippen molar-refractivity contribution in [1.82, 2.24) is 15.0 Å². The Labute approximate surface area is 138 Å². The molecule has 120 valence electrons. The molecule has 1 aromatic heterocycles. The lowest BCUT2D eigenvalue weighted by atomic mass is 10.2. The molecule has 7 heteroatoms. The summed E-state index contributed by atoms with van der Waals surface area (Å²) in [4.78, 5) is 18.6. The van der Waals surface area contributed by atoms with E-state index in [-0.39, 0.29) is 6.03 Å². The average molecular weight is 330 g/mol. The van der Waals surface area contributed by atoms with Crippen LogP contribution >= 0.6 is 11.8 Å². The average Bonchev–Trinajstić information content (AvgIpc) is 3.33. The number of aromatic nitrogens is 2. The van der Waals surface area contributed by atoms with Crippen molar-refractivity contribution in [2.45, 2.75) is 18.8 Å². The van der Waals surface area contributed by atoms with E-state index in [1.807, 2.05) is 40.9 Å². The molecule has 1 aliphatic carbocycles. The molecule has 0 spiro atoms. The summed E-state index contributed by atoms with van der Waals surface area (Å²) in [7, 11) is 0. The molecule has 1 aliphatic heterocycles. The van der Waals surface area contributed by atoms with Gasteiger partial charge in [-0.15, -0.1) is 0 Å². The Morgan fingerprint density at radius 3 is 2.91 bits per heavy atom. The van der Waals surface area contributed by atoms with Crippen molar-refractivity contribution < 1.29 is 9.32 Å². The predicted molar refractivity (Wildman–Crippen MR) is 89.6 cm³/mol. The SMILES string of the molecule is O=C(Nc1cccc(-c2nc(C3CC3)no2)c1)N1CCSCC1. The first-order valence-corrected chi connectivity index (χ1v) is 9.03. The number of rotatable bonds is 3. The molecule has 0 bridgehead atoms. The highest BCUT2D eigenvalue weighted by molar-refractivity contribution is 7.99. The van der Waals surface area contributed by atoms with Gasteiger partial charge < -0.3 is 14.7 Å². The van der Waals surface area contributed by atoms with Crippen LogP contribution in [0.15, 0.2) is 28.8 Å². The molecule has 0 atom stereocenters. The molecule has 6 nitrogen and oxygen atoms in total. The fraction of sp³-hybridized carbons (Fsp3) is 0.438. The molecule has 23 heavy (non-hydrogen) atoms. The van der Waals surface area contributed by atoms with E-state index in [9.17, 15) is 4.79 Å². The van der Waals surface area contributed by atoms with Gasteiger partial charge in [-0.25, -0.2) is 4.79 Å². The molecule has 1 N–H and O–H groups in total. The van der Waals surface area contributed by atoms with Gasteiger partial charge in [0.15, 0.2) is 5.82 Å². The number of anilines is 1. The zero-order chi connectivity index (χ0) is 15.6. The monoisotopic (exact) mass is 330 g/mol. The molecular weight excluding hydrogens is 312 g/mol. The van der Waals surface area contributed by atoms with Crippen molar-refractivity contribution in [2.24, 2.45) is 0 Å². The van der Waals surface area contributed by atoms with Gasteiger partial charge in [0.25, 0.3) is 5.89 Å². The van der Waals surface area contributed by atoms with Crippen LogP contribution in [0.25, 0.3) is 11.5 Å². The molecule has 1 saturated carbocycles. The molecule has 2 amide bonds. The minimum Gasteiger partial charge on any atom is -0.334 e. The predicted octanol–water partition coefficient (Wildman–Crippen LogP) is 3.19. The van der Waals surface area contributed by atoms with Gasteiger partial charge >= 0.3 is 6.03 Å². The van der Waals surface area contributed by atoms with Gasteiger partial charge in [-0.2, -0.15) is 16.7 Å². The van der Waals surface area contributed by atoms with E-state index >= 15 is 0 Å². The Kier molecular flexibility index (Phi) is 3.95. The molecule has 0 unspecified atom stereocenters. The smallest absolute Gasteiger partial charge is 0.321 e. The maximum atomic E-state index is 12.3. The Morgan fingerprint density at radius 1 is 1.30 bits per heavy atom. The summed E-state index contributed by atoms with van der Waals surface area (Å²) in [6, 6.07) is 7.50. The van der Waals surface area contributed by atoms with E-state index in [0.717, 1.165) is 54.5 Å². The fourth-order valence-electron chi connectivity index (χ4n) is 2.56. The number of hydrogen-bond donors (Lipinski definition) is 1. The molecule has 1 saturated heterocycles. The highest BCUT2D eigenvalue weighted by atomic mass is 32.2. The van der Waals surface area contributed by atoms with Crippen molar-refractivity contribution in [3.8, 4) is 11.5 Å². The van der Waals surface area contributed by atoms with E-state index in [0.29, 0.717) is 11.8 Å². The Morgan fingerprint density at radius 2 is 2.13 bits per heavy atom. The zero-order valence-electron chi connectivity index (χ0n) is 12.7. The molecule has 4 rings (SSSR count). The first-order valence-electron chi connectivity index (χ1n) is 7.87. The van der Waals surface area contributed by atoms with Crippen LogP contribution < -0.4 is 5.32 Å². The van der Waals surface area contributed by atoms with Gasteiger partial charge in [0.1, 0.15) is 0 Å². The van der Waals surface area contributed by atoms with Crippen LogP contribution in [-0.4, -0.2) is 45.7 Å². The van der Waals surface area contributed by atoms with Gasteiger partial charge in [0, 0.05) is 41.8 Å². The largest absolute Gasteiger partial charge is 0.334 e. The van der Waals surface area contributed by atoms with Gasteiger partial charge in [-0.05, 0) is 31.0 Å². The van der Waals surface area contributed by atoms with Crippen molar-refractivity contribution in [2.75, 3.05) is 29.9 Å². The number of amides is 2. The molecule has 2 aliphatic rings. The topological polar surface area (TPSA) is 71.3 Å². The lowest BCUT2D eigenvalue weighted by Crippen LogP contribution is -2.40. The minimum absolute atomic E-state index is 0.0494. The van der Waals surface area contributed by atoms with Crippen LogP contribution in [0.1, 0.15) is 24.6 Å². The molecule has 0 radical (unpaired) electrons. The summed E-state index contributed by atoms with van der Waals surface area (Å²) < 4.78 is 5.34. The van der Waals surface area contributed by atoms with Crippen LogP contribution in [0.3, 0.4) is 0 Å². The van der Waals surface area contributed by atoms with Crippen LogP contribution in [0.4, 0.5) is 10.5 Å². The van der Waals surface area contributed by atoms with E-state index in [1.54, 1.807) is 0 Å². The van der Waals surface area contributed by atoms with Gasteiger partial charge in [0.05, 0.1) is 0 Å². The Hall–Kier alpha value is -2.02. The number of nitrogens with one attached hydrogen (secondary N) is 1. The molecule has 2 heterocycles. The van der Waals surface area contributed by atoms with Crippen molar-refractivity contribution >= 4 is 23.5 Å². The van der Waals surface area contributed by atoms with Gasteiger partial charge in [-0.3, -0.25) is 0 Å². The number of carbonyl (C=O) groups excluding carboxylic acids is 1. The van der Waals surface area contributed by atoms with E-state index in [1.165, 1.54) is 0 Å². The highest BCUT2D eigenvalue weighted by Gasteiger charge is 2.29. The standard InChI is InChI=1S/C16H18N4O2S/c21-16(20-6-8-23-9-7-20)17-13-3-1-2-12(10-13)15-18-14(19-22-15)11-4-5-11/h1-3,10-11H,4-9H2,(H,17,21). The second kappa shape index (κ2) is 6.23. The number of urea groups is 1. The number of benzene rings is 1. The summed E-state index contributed by atoms with van der Waals surface area (Å²) in [6.45, 7) is 1.59. The third-order valence-electron chi connectivity index (χ3n) is 4.04.